The molecule has 0 aliphatic carbocycles. The van der Waals surface area contributed by atoms with Crippen molar-refractivity contribution in [3.05, 3.63) is 0 Å². The van der Waals surface area contributed by atoms with Crippen molar-refractivity contribution in [3.63, 3.8) is 0 Å². The molecule has 0 saturated heterocycles. The van der Waals surface area contributed by atoms with Gasteiger partial charge in [0.2, 0.25) is 0 Å². The summed E-state index contributed by atoms with van der Waals surface area (Å²) in [5, 5.41) is 0. The van der Waals surface area contributed by atoms with Crippen molar-refractivity contribution in [2.75, 3.05) is 0 Å². The van der Waals surface area contributed by atoms with Crippen LogP contribution < -0.4 is 53.5 Å². The zero-order valence-corrected chi connectivity index (χ0v) is 12.6. The Morgan fingerprint density at radius 2 is 1.14 bits per heavy atom. The molecule has 0 unspecified atom stereocenters. The first-order valence-corrected chi connectivity index (χ1v) is 8.30. The molecule has 0 N–H and O–H groups in total. The van der Waals surface area contributed by atoms with Gasteiger partial charge in [-0.1, -0.05) is 19.6 Å². The van der Waals surface area contributed by atoms with E-state index < -0.39 is 5.57 Å². The van der Waals surface area contributed by atoms with E-state index in [0.29, 0.717) is 0 Å². The van der Waals surface area contributed by atoms with Crippen LogP contribution >= 0.6 is 21.8 Å². The smallest absolute Gasteiger partial charge is 1.00 e. The summed E-state index contributed by atoms with van der Waals surface area (Å²) in [4.78, 5) is 0. The molecule has 0 bridgehead atoms. The summed E-state index contributed by atoms with van der Waals surface area (Å²) in [5.41, 5.74) is -0.641. The molecule has 0 atom stereocenters. The fourth-order valence-corrected chi connectivity index (χ4v) is 0. The van der Waals surface area contributed by atoms with Gasteiger partial charge in [-0.2, -0.15) is 0 Å². The SMILES string of the molecule is C[Si](C)(C)I.[I-].[Na+]. The van der Waals surface area contributed by atoms with Gasteiger partial charge in [0.15, 0.2) is 0 Å². The molecule has 0 amide bonds. The maximum atomic E-state index is 2.52. The summed E-state index contributed by atoms with van der Waals surface area (Å²) < 4.78 is 0. The van der Waals surface area contributed by atoms with Crippen LogP contribution in [0.3, 0.4) is 0 Å². The van der Waals surface area contributed by atoms with Crippen LogP contribution in [0.5, 0.6) is 0 Å². The molecule has 0 radical (unpaired) electrons. The zero-order valence-electron chi connectivity index (χ0n) is 5.26. The molecule has 0 aromatic carbocycles. The summed E-state index contributed by atoms with van der Waals surface area (Å²) in [5.74, 6) is 0. The molecule has 7 heavy (non-hydrogen) atoms. The van der Waals surface area contributed by atoms with Crippen molar-refractivity contribution >= 4 is 27.4 Å². The molecule has 0 spiro atoms. The van der Waals surface area contributed by atoms with Crippen molar-refractivity contribution in [2.45, 2.75) is 19.6 Å². The maximum absolute atomic E-state index is 2.52. The second-order valence-electron chi connectivity index (χ2n) is 2.07. The second kappa shape index (κ2) is 6.79. The Morgan fingerprint density at radius 1 is 1.14 bits per heavy atom. The van der Waals surface area contributed by atoms with E-state index in [1.165, 1.54) is 0 Å². The third-order valence-corrected chi connectivity index (χ3v) is 0. The fourth-order valence-electron chi connectivity index (χ4n) is 0. The fraction of sp³-hybridized carbons (Fsp3) is 1.00. The minimum absolute atomic E-state index is 0. The Bertz CT molecular complexity index is 28.4. The van der Waals surface area contributed by atoms with E-state index in [9.17, 15) is 0 Å². The van der Waals surface area contributed by atoms with E-state index in [0.717, 1.165) is 0 Å². The molecule has 4 heteroatoms. The number of hydrogen-bond acceptors (Lipinski definition) is 0. The monoisotopic (exact) mass is 350 g/mol. The normalized spacial score (nSPS) is 8.57. The van der Waals surface area contributed by atoms with Gasteiger partial charge in [-0.25, -0.2) is 0 Å². The maximum Gasteiger partial charge on any atom is 1.00 e. The summed E-state index contributed by atoms with van der Waals surface area (Å²) in [6.45, 7) is 6.94. The van der Waals surface area contributed by atoms with E-state index in [1.807, 2.05) is 0 Å². The number of rotatable bonds is 0. The van der Waals surface area contributed by atoms with Crippen molar-refractivity contribution < 1.29 is 53.5 Å². The molecular formula is C3H9I2NaSi. The molecule has 0 nitrogen and oxygen atoms in total. The van der Waals surface area contributed by atoms with Gasteiger partial charge in [0, 0.05) is 0 Å². The molecule has 40 valence electrons. The van der Waals surface area contributed by atoms with Crippen molar-refractivity contribution in [3.8, 4) is 0 Å². The van der Waals surface area contributed by atoms with Crippen LogP contribution in [-0.4, -0.2) is 5.57 Å². The largest absolute Gasteiger partial charge is 1.00 e. The predicted molar refractivity (Wildman–Crippen MR) is 37.4 cm³/mol. The zero-order chi connectivity index (χ0) is 4.50. The first kappa shape index (κ1) is 16.3. The molecule has 0 aliphatic heterocycles. The van der Waals surface area contributed by atoms with Crippen LogP contribution in [0.15, 0.2) is 0 Å². The molecule has 0 aliphatic rings. The Morgan fingerprint density at radius 3 is 1.14 bits per heavy atom. The van der Waals surface area contributed by atoms with Crippen LogP contribution in [0.1, 0.15) is 0 Å². The summed E-state index contributed by atoms with van der Waals surface area (Å²) in [6, 6.07) is 0. The van der Waals surface area contributed by atoms with Crippen LogP contribution in [0, 0.1) is 0 Å². The summed E-state index contributed by atoms with van der Waals surface area (Å²) in [6.07, 6.45) is 0. The molecule has 0 rings (SSSR count). The summed E-state index contributed by atoms with van der Waals surface area (Å²) >= 11 is 2.52. The van der Waals surface area contributed by atoms with Gasteiger partial charge in [-0.05, 0) is 0 Å². The van der Waals surface area contributed by atoms with Gasteiger partial charge < -0.3 is 24.0 Å². The van der Waals surface area contributed by atoms with Crippen LogP contribution in [0.4, 0.5) is 0 Å². The molecule has 0 saturated carbocycles. The van der Waals surface area contributed by atoms with Crippen molar-refractivity contribution in [2.24, 2.45) is 0 Å². The molecule has 0 aromatic heterocycles. The standard InChI is InChI=1S/C3H9ISi.HI.Na/c1-5(2,3)4;;/h1-3H3;1H;/q;;+1/p-1. The van der Waals surface area contributed by atoms with Crippen LogP contribution in [0.25, 0.3) is 0 Å². The topological polar surface area (TPSA) is 0 Å². The van der Waals surface area contributed by atoms with Gasteiger partial charge >= 0.3 is 29.6 Å². The first-order chi connectivity index (χ1) is 2.00. The van der Waals surface area contributed by atoms with Crippen molar-refractivity contribution in [1.29, 1.82) is 0 Å². The minimum Gasteiger partial charge on any atom is -1.00 e. The number of halogens is 2. The Kier molecular flexibility index (Phi) is 15.9. The van der Waals surface area contributed by atoms with E-state index >= 15 is 0 Å². The van der Waals surface area contributed by atoms with Gasteiger partial charge in [0.1, 0.15) is 5.57 Å². The third-order valence-electron chi connectivity index (χ3n) is 0. The molecule has 0 fully saturated rings. The minimum atomic E-state index is -0.641. The third kappa shape index (κ3) is 54.0. The molecule has 0 heterocycles. The predicted octanol–water partition coefficient (Wildman–Crippen LogP) is -3.74. The first-order valence-electron chi connectivity index (χ1n) is 1.69. The Labute approximate surface area is 98.7 Å². The van der Waals surface area contributed by atoms with Crippen LogP contribution in [-0.2, 0) is 0 Å². The average molecular weight is 350 g/mol. The Hall–Kier alpha value is 2.68. The molecule has 0 aromatic rings. The van der Waals surface area contributed by atoms with Gasteiger partial charge in [0.05, 0.1) is 0 Å². The summed E-state index contributed by atoms with van der Waals surface area (Å²) in [7, 11) is 0. The van der Waals surface area contributed by atoms with Gasteiger partial charge in [0.25, 0.3) is 0 Å². The Balaban J connectivity index is -0.0000000800. The van der Waals surface area contributed by atoms with E-state index in [1.54, 1.807) is 0 Å². The van der Waals surface area contributed by atoms with E-state index in [4.69, 9.17) is 0 Å². The van der Waals surface area contributed by atoms with Gasteiger partial charge in [-0.15, -0.1) is 21.8 Å². The van der Waals surface area contributed by atoms with Crippen molar-refractivity contribution in [1.82, 2.24) is 0 Å². The second-order valence-corrected chi connectivity index (χ2v) is 15.9. The quantitative estimate of drug-likeness (QED) is 0.240. The molecular weight excluding hydrogens is 341 g/mol. The number of hydrogen-bond donors (Lipinski definition) is 0. The van der Waals surface area contributed by atoms with Gasteiger partial charge in [-0.3, -0.25) is 0 Å². The average Bonchev–Trinajstić information content (AvgIpc) is 0.722. The van der Waals surface area contributed by atoms with E-state index in [2.05, 4.69) is 41.4 Å². The van der Waals surface area contributed by atoms with E-state index in [-0.39, 0.29) is 53.5 Å². The van der Waals surface area contributed by atoms with Crippen LogP contribution in [0.2, 0.25) is 19.6 Å².